The van der Waals surface area contributed by atoms with Crippen LogP contribution in [0.4, 0.5) is 0 Å². The Bertz CT molecular complexity index is 860. The van der Waals surface area contributed by atoms with Crippen molar-refractivity contribution >= 4 is 32.9 Å². The maximum Gasteiger partial charge on any atom is 0.310 e. The molecule has 3 rings (SSSR count). The predicted octanol–water partition coefficient (Wildman–Crippen LogP) is 4.01. The molecule has 6 heteroatoms. The van der Waals surface area contributed by atoms with Crippen LogP contribution in [0.2, 0.25) is 0 Å². The van der Waals surface area contributed by atoms with Crippen LogP contribution in [0.1, 0.15) is 18.1 Å². The SMILES string of the molecule is CCOC(=O)Cc1ccccc1OCc1cc(Br)c2nc[nH]c2c1. The first kappa shape index (κ1) is 16.5. The van der Waals surface area contributed by atoms with Gasteiger partial charge in [-0.15, -0.1) is 0 Å². The van der Waals surface area contributed by atoms with Gasteiger partial charge in [0.1, 0.15) is 17.9 Å². The fourth-order valence-electron chi connectivity index (χ4n) is 2.47. The maximum atomic E-state index is 11.7. The standard InChI is InChI=1S/C18H17BrN2O3/c1-2-23-17(22)9-13-5-3-4-6-16(13)24-10-12-7-14(19)18-15(8-12)20-11-21-18/h3-8,11H,2,9-10H2,1H3,(H,20,21). The monoisotopic (exact) mass is 388 g/mol. The van der Waals surface area contributed by atoms with E-state index in [1.807, 2.05) is 36.4 Å². The molecule has 0 aliphatic carbocycles. The Kier molecular flexibility index (Phi) is 5.15. The summed E-state index contributed by atoms with van der Waals surface area (Å²) in [5.74, 6) is 0.432. The van der Waals surface area contributed by atoms with Crippen molar-refractivity contribution in [2.75, 3.05) is 6.61 Å². The number of fused-ring (bicyclic) bond motifs is 1. The van der Waals surface area contributed by atoms with Crippen LogP contribution in [0, 0.1) is 0 Å². The quantitative estimate of drug-likeness (QED) is 0.647. The topological polar surface area (TPSA) is 64.2 Å². The average molecular weight is 389 g/mol. The van der Waals surface area contributed by atoms with Crippen molar-refractivity contribution in [1.29, 1.82) is 0 Å². The molecule has 0 saturated carbocycles. The predicted molar refractivity (Wildman–Crippen MR) is 94.9 cm³/mol. The van der Waals surface area contributed by atoms with Gasteiger partial charge in [0.25, 0.3) is 0 Å². The number of carbonyl (C=O) groups excluding carboxylic acids is 1. The van der Waals surface area contributed by atoms with Crippen LogP contribution in [0.25, 0.3) is 11.0 Å². The summed E-state index contributed by atoms with van der Waals surface area (Å²) in [6.07, 6.45) is 1.86. The summed E-state index contributed by atoms with van der Waals surface area (Å²) in [6.45, 7) is 2.57. The lowest BCUT2D eigenvalue weighted by Crippen LogP contribution is -2.09. The number of carbonyl (C=O) groups is 1. The van der Waals surface area contributed by atoms with Crippen LogP contribution in [0.5, 0.6) is 5.75 Å². The van der Waals surface area contributed by atoms with Crippen molar-refractivity contribution in [1.82, 2.24) is 9.97 Å². The van der Waals surface area contributed by atoms with Crippen molar-refractivity contribution in [3.05, 3.63) is 58.3 Å². The van der Waals surface area contributed by atoms with E-state index >= 15 is 0 Å². The number of hydrogen-bond donors (Lipinski definition) is 1. The van der Waals surface area contributed by atoms with Crippen LogP contribution in [0.3, 0.4) is 0 Å². The van der Waals surface area contributed by atoms with E-state index in [4.69, 9.17) is 9.47 Å². The molecule has 0 spiro atoms. The molecule has 124 valence electrons. The van der Waals surface area contributed by atoms with E-state index in [0.29, 0.717) is 19.0 Å². The molecule has 0 bridgehead atoms. The highest BCUT2D eigenvalue weighted by molar-refractivity contribution is 9.10. The van der Waals surface area contributed by atoms with Crippen molar-refractivity contribution in [2.24, 2.45) is 0 Å². The largest absolute Gasteiger partial charge is 0.489 e. The molecule has 0 amide bonds. The van der Waals surface area contributed by atoms with E-state index in [2.05, 4.69) is 25.9 Å². The highest BCUT2D eigenvalue weighted by atomic mass is 79.9. The second-order valence-corrected chi connectivity index (χ2v) is 6.11. The van der Waals surface area contributed by atoms with Crippen LogP contribution >= 0.6 is 15.9 Å². The van der Waals surface area contributed by atoms with E-state index < -0.39 is 0 Å². The molecular formula is C18H17BrN2O3. The van der Waals surface area contributed by atoms with Gasteiger partial charge in [-0.1, -0.05) is 18.2 Å². The van der Waals surface area contributed by atoms with Gasteiger partial charge >= 0.3 is 5.97 Å². The lowest BCUT2D eigenvalue weighted by Gasteiger charge is -2.11. The Morgan fingerprint density at radius 2 is 2.12 bits per heavy atom. The highest BCUT2D eigenvalue weighted by Crippen LogP contribution is 2.25. The third-order valence-electron chi connectivity index (χ3n) is 3.54. The Morgan fingerprint density at radius 3 is 2.96 bits per heavy atom. The first-order valence-electron chi connectivity index (χ1n) is 7.65. The zero-order valence-electron chi connectivity index (χ0n) is 13.2. The first-order chi connectivity index (χ1) is 11.7. The second-order valence-electron chi connectivity index (χ2n) is 5.25. The van der Waals surface area contributed by atoms with Crippen molar-refractivity contribution in [3.63, 3.8) is 0 Å². The summed E-state index contributed by atoms with van der Waals surface area (Å²) in [4.78, 5) is 19.0. The van der Waals surface area contributed by atoms with E-state index in [0.717, 1.165) is 26.6 Å². The van der Waals surface area contributed by atoms with Crippen molar-refractivity contribution in [2.45, 2.75) is 20.0 Å². The highest BCUT2D eigenvalue weighted by Gasteiger charge is 2.10. The molecule has 0 atom stereocenters. The zero-order valence-corrected chi connectivity index (χ0v) is 14.8. The number of nitrogens with one attached hydrogen (secondary N) is 1. The van der Waals surface area contributed by atoms with Gasteiger partial charge in [-0.05, 0) is 46.6 Å². The van der Waals surface area contributed by atoms with Gasteiger partial charge in [0.15, 0.2) is 0 Å². The molecule has 1 aromatic heterocycles. The summed E-state index contributed by atoms with van der Waals surface area (Å²) in [5.41, 5.74) is 3.66. The molecule has 1 N–H and O–H groups in total. The van der Waals surface area contributed by atoms with Gasteiger partial charge in [0, 0.05) is 10.0 Å². The molecule has 3 aromatic rings. The molecular weight excluding hydrogens is 372 g/mol. The van der Waals surface area contributed by atoms with Crippen molar-refractivity contribution in [3.8, 4) is 5.75 Å². The second kappa shape index (κ2) is 7.49. The molecule has 0 saturated heterocycles. The van der Waals surface area contributed by atoms with Gasteiger partial charge in [-0.3, -0.25) is 4.79 Å². The van der Waals surface area contributed by atoms with E-state index in [9.17, 15) is 4.79 Å². The number of imidazole rings is 1. The number of halogens is 1. The lowest BCUT2D eigenvalue weighted by molar-refractivity contribution is -0.142. The fourth-order valence-corrected chi connectivity index (χ4v) is 3.08. The molecule has 0 aliphatic rings. The normalized spacial score (nSPS) is 10.8. The molecule has 1 heterocycles. The number of aromatic amines is 1. The smallest absolute Gasteiger partial charge is 0.310 e. The van der Waals surface area contributed by atoms with Crippen LogP contribution < -0.4 is 4.74 Å². The van der Waals surface area contributed by atoms with E-state index in [1.165, 1.54) is 0 Å². The van der Waals surface area contributed by atoms with Gasteiger partial charge in [-0.2, -0.15) is 0 Å². The van der Waals surface area contributed by atoms with Gasteiger partial charge < -0.3 is 14.5 Å². The Hall–Kier alpha value is -2.34. The minimum Gasteiger partial charge on any atom is -0.489 e. The summed E-state index contributed by atoms with van der Waals surface area (Å²) < 4.78 is 11.8. The van der Waals surface area contributed by atoms with Gasteiger partial charge in [0.2, 0.25) is 0 Å². The molecule has 2 aromatic carbocycles. The minimum atomic E-state index is -0.254. The number of ether oxygens (including phenoxy) is 2. The third kappa shape index (κ3) is 3.76. The van der Waals surface area contributed by atoms with Gasteiger partial charge in [-0.25, -0.2) is 4.98 Å². The Balaban J connectivity index is 1.75. The summed E-state index contributed by atoms with van der Waals surface area (Å²) in [5, 5.41) is 0. The third-order valence-corrected chi connectivity index (χ3v) is 4.15. The maximum absolute atomic E-state index is 11.7. The number of H-pyrrole nitrogens is 1. The van der Waals surface area contributed by atoms with Gasteiger partial charge in [0.05, 0.1) is 24.9 Å². The first-order valence-corrected chi connectivity index (χ1v) is 8.44. The summed E-state index contributed by atoms with van der Waals surface area (Å²) in [6, 6.07) is 11.5. The Morgan fingerprint density at radius 1 is 1.29 bits per heavy atom. The molecule has 0 aliphatic heterocycles. The molecule has 5 nitrogen and oxygen atoms in total. The summed E-state index contributed by atoms with van der Waals surface area (Å²) >= 11 is 3.52. The molecule has 24 heavy (non-hydrogen) atoms. The number of aromatic nitrogens is 2. The van der Waals surface area contributed by atoms with Crippen LogP contribution in [-0.4, -0.2) is 22.5 Å². The number of para-hydroxylation sites is 1. The molecule has 0 unspecified atom stereocenters. The lowest BCUT2D eigenvalue weighted by atomic mass is 10.1. The number of rotatable bonds is 6. The van der Waals surface area contributed by atoms with Crippen molar-refractivity contribution < 1.29 is 14.3 Å². The fraction of sp³-hybridized carbons (Fsp3) is 0.222. The Labute approximate surface area is 148 Å². The van der Waals surface area contributed by atoms with Crippen LogP contribution in [0.15, 0.2) is 47.2 Å². The number of nitrogens with zero attached hydrogens (tertiary/aromatic N) is 1. The number of hydrogen-bond acceptors (Lipinski definition) is 4. The summed E-state index contributed by atoms with van der Waals surface area (Å²) in [7, 11) is 0. The van der Waals surface area contributed by atoms with E-state index in [-0.39, 0.29) is 12.4 Å². The van der Waals surface area contributed by atoms with Crippen LogP contribution in [-0.2, 0) is 22.6 Å². The molecule has 0 fully saturated rings. The van der Waals surface area contributed by atoms with E-state index in [1.54, 1.807) is 13.3 Å². The molecule has 0 radical (unpaired) electrons. The number of benzene rings is 2. The average Bonchev–Trinajstić information content (AvgIpc) is 3.03. The zero-order chi connectivity index (χ0) is 16.9. The number of esters is 1. The minimum absolute atomic E-state index is 0.202.